The van der Waals surface area contributed by atoms with Gasteiger partial charge in [-0.15, -0.1) is 10.2 Å². The van der Waals surface area contributed by atoms with Gasteiger partial charge in [0.2, 0.25) is 5.95 Å². The van der Waals surface area contributed by atoms with Crippen LogP contribution in [0.15, 0.2) is 12.3 Å². The zero-order valence-corrected chi connectivity index (χ0v) is 11.2. The highest BCUT2D eigenvalue weighted by atomic mass is 127. The van der Waals surface area contributed by atoms with Crippen molar-refractivity contribution in [3.8, 4) is 0 Å². The smallest absolute Gasteiger partial charge is 0.229 e. The summed E-state index contributed by atoms with van der Waals surface area (Å²) in [5, 5.41) is 11.8. The van der Waals surface area contributed by atoms with Crippen LogP contribution < -0.4 is 5.32 Å². The van der Waals surface area contributed by atoms with Gasteiger partial charge in [0.25, 0.3) is 0 Å². The maximum atomic E-state index is 4.22. The van der Waals surface area contributed by atoms with E-state index >= 15 is 0 Å². The van der Waals surface area contributed by atoms with Crippen LogP contribution in [0, 0.1) is 16.4 Å². The molecule has 1 aliphatic carbocycles. The van der Waals surface area contributed by atoms with Gasteiger partial charge in [-0.05, 0) is 59.9 Å². The summed E-state index contributed by atoms with van der Waals surface area (Å²) in [7, 11) is 0. The fourth-order valence-electron chi connectivity index (χ4n) is 1.70. The minimum absolute atomic E-state index is 0.844. The van der Waals surface area contributed by atoms with Crippen LogP contribution in [-0.2, 0) is 0 Å². The van der Waals surface area contributed by atoms with Crippen molar-refractivity contribution < 1.29 is 0 Å². The van der Waals surface area contributed by atoms with Gasteiger partial charge in [0.05, 0.1) is 3.57 Å². The Kier molecular flexibility index (Phi) is 2.49. The first-order chi connectivity index (χ1) is 7.75. The lowest BCUT2D eigenvalue weighted by Crippen LogP contribution is -2.06. The van der Waals surface area contributed by atoms with Crippen molar-refractivity contribution in [2.45, 2.75) is 19.8 Å². The highest BCUT2D eigenvalue weighted by Crippen LogP contribution is 2.29. The van der Waals surface area contributed by atoms with Crippen LogP contribution in [0.2, 0.25) is 0 Å². The third-order valence-corrected chi connectivity index (χ3v) is 4.29. The van der Waals surface area contributed by atoms with Crippen LogP contribution >= 0.6 is 22.6 Å². The summed E-state index contributed by atoms with van der Waals surface area (Å²) in [6.07, 6.45) is 4.73. The van der Waals surface area contributed by atoms with Gasteiger partial charge < -0.3 is 5.32 Å². The number of hydrogen-bond donors (Lipinski definition) is 1. The molecule has 0 saturated heterocycles. The number of aromatic nitrogens is 3. The molecule has 5 heteroatoms. The van der Waals surface area contributed by atoms with Gasteiger partial charge in [-0.3, -0.25) is 4.40 Å². The van der Waals surface area contributed by atoms with E-state index in [-0.39, 0.29) is 0 Å². The van der Waals surface area contributed by atoms with Gasteiger partial charge in [0.15, 0.2) is 5.65 Å². The number of anilines is 1. The Labute approximate surface area is 108 Å². The van der Waals surface area contributed by atoms with Gasteiger partial charge in [-0.1, -0.05) is 0 Å². The maximum absolute atomic E-state index is 4.22. The normalized spacial score (nSPS) is 15.6. The van der Waals surface area contributed by atoms with Gasteiger partial charge >= 0.3 is 0 Å². The third-order valence-electron chi connectivity index (χ3n) is 2.96. The van der Waals surface area contributed by atoms with Crippen molar-refractivity contribution in [3.63, 3.8) is 0 Å². The molecule has 0 aromatic carbocycles. The number of fused-ring (bicyclic) bond motifs is 1. The molecule has 0 amide bonds. The second-order valence-electron chi connectivity index (χ2n) is 4.35. The number of rotatable bonds is 3. The van der Waals surface area contributed by atoms with Gasteiger partial charge in [-0.25, -0.2) is 0 Å². The number of pyridine rings is 1. The highest BCUT2D eigenvalue weighted by Gasteiger charge is 2.21. The van der Waals surface area contributed by atoms with E-state index in [1.807, 2.05) is 10.6 Å². The Balaban J connectivity index is 1.96. The highest BCUT2D eigenvalue weighted by molar-refractivity contribution is 14.1. The zero-order valence-electron chi connectivity index (χ0n) is 9.07. The summed E-state index contributed by atoms with van der Waals surface area (Å²) in [6.45, 7) is 3.11. The lowest BCUT2D eigenvalue weighted by molar-refractivity contribution is 0.869. The van der Waals surface area contributed by atoms with E-state index in [0.29, 0.717) is 0 Å². The Bertz CT molecular complexity index is 530. The second-order valence-corrected chi connectivity index (χ2v) is 5.43. The third kappa shape index (κ3) is 1.77. The zero-order chi connectivity index (χ0) is 11.1. The molecule has 1 saturated carbocycles. The molecule has 1 fully saturated rings. The van der Waals surface area contributed by atoms with Gasteiger partial charge in [-0.2, -0.15) is 0 Å². The topological polar surface area (TPSA) is 42.2 Å². The molecule has 16 heavy (non-hydrogen) atoms. The van der Waals surface area contributed by atoms with Crippen LogP contribution in [0.1, 0.15) is 18.4 Å². The van der Waals surface area contributed by atoms with Crippen molar-refractivity contribution in [1.29, 1.82) is 0 Å². The van der Waals surface area contributed by atoms with E-state index < -0.39 is 0 Å². The average molecular weight is 328 g/mol. The van der Waals surface area contributed by atoms with Crippen molar-refractivity contribution in [1.82, 2.24) is 14.6 Å². The lowest BCUT2D eigenvalue weighted by Gasteiger charge is -2.04. The molecular formula is C11H13IN4. The van der Waals surface area contributed by atoms with Crippen LogP contribution in [0.5, 0.6) is 0 Å². The predicted molar refractivity (Wildman–Crippen MR) is 71.7 cm³/mol. The molecule has 2 heterocycles. The van der Waals surface area contributed by atoms with E-state index in [0.717, 1.165) is 24.1 Å². The van der Waals surface area contributed by atoms with Crippen molar-refractivity contribution >= 4 is 34.2 Å². The first-order valence-electron chi connectivity index (χ1n) is 5.49. The van der Waals surface area contributed by atoms with Gasteiger partial charge in [0, 0.05) is 12.7 Å². The number of nitrogens with zero attached hydrogens (tertiary/aromatic N) is 3. The molecule has 0 radical (unpaired) electrons. The fraction of sp³-hybridized carbons (Fsp3) is 0.455. The van der Waals surface area contributed by atoms with Crippen molar-refractivity contribution in [2.24, 2.45) is 5.92 Å². The summed E-state index contributed by atoms with van der Waals surface area (Å²) in [5.74, 6) is 1.71. The van der Waals surface area contributed by atoms with Crippen molar-refractivity contribution in [2.75, 3.05) is 11.9 Å². The molecule has 2 aromatic heterocycles. The summed E-state index contributed by atoms with van der Waals surface area (Å²) in [4.78, 5) is 0. The van der Waals surface area contributed by atoms with Gasteiger partial charge in [0.1, 0.15) is 0 Å². The Morgan fingerprint density at radius 1 is 1.50 bits per heavy atom. The van der Waals surface area contributed by atoms with Crippen LogP contribution in [0.4, 0.5) is 5.95 Å². The first-order valence-corrected chi connectivity index (χ1v) is 6.57. The minimum Gasteiger partial charge on any atom is -0.354 e. The Hall–Kier alpha value is -0.850. The molecule has 84 valence electrons. The Morgan fingerprint density at radius 2 is 2.31 bits per heavy atom. The molecule has 0 spiro atoms. The lowest BCUT2D eigenvalue weighted by atomic mass is 10.3. The summed E-state index contributed by atoms with van der Waals surface area (Å²) in [6, 6.07) is 2.10. The minimum atomic E-state index is 0.844. The second kappa shape index (κ2) is 3.87. The van der Waals surface area contributed by atoms with Crippen LogP contribution in [0.3, 0.4) is 0 Å². The summed E-state index contributed by atoms with van der Waals surface area (Å²) < 4.78 is 3.20. The fourth-order valence-corrected chi connectivity index (χ4v) is 2.24. The predicted octanol–water partition coefficient (Wildman–Crippen LogP) is 2.46. The summed E-state index contributed by atoms with van der Waals surface area (Å²) >= 11 is 2.32. The standard InChI is InChI=1S/C11H13IN4/c1-7-4-5-16-10(9(7)12)14-15-11(16)13-6-8-2-3-8/h4-5,8H,2-3,6H2,1H3,(H,13,15). The van der Waals surface area contributed by atoms with Crippen LogP contribution in [0.25, 0.3) is 5.65 Å². The Morgan fingerprint density at radius 3 is 3.06 bits per heavy atom. The maximum Gasteiger partial charge on any atom is 0.229 e. The number of hydrogen-bond acceptors (Lipinski definition) is 3. The van der Waals surface area contributed by atoms with E-state index in [1.54, 1.807) is 0 Å². The molecule has 1 N–H and O–H groups in total. The van der Waals surface area contributed by atoms with E-state index in [9.17, 15) is 0 Å². The number of nitrogens with one attached hydrogen (secondary N) is 1. The molecule has 1 aliphatic rings. The van der Waals surface area contributed by atoms with Crippen LogP contribution in [-0.4, -0.2) is 21.1 Å². The van der Waals surface area contributed by atoms with E-state index in [1.165, 1.54) is 22.0 Å². The molecule has 0 bridgehead atoms. The molecule has 0 atom stereocenters. The monoisotopic (exact) mass is 328 g/mol. The average Bonchev–Trinajstić information content (AvgIpc) is 3.01. The molecular weight excluding hydrogens is 315 g/mol. The quantitative estimate of drug-likeness (QED) is 0.880. The van der Waals surface area contributed by atoms with E-state index in [4.69, 9.17) is 0 Å². The molecule has 2 aromatic rings. The number of aryl methyl sites for hydroxylation is 1. The molecule has 3 rings (SSSR count). The first kappa shape index (κ1) is 10.3. The SMILES string of the molecule is Cc1ccn2c(NCC3CC3)nnc2c1I. The van der Waals surface area contributed by atoms with Crippen molar-refractivity contribution in [3.05, 3.63) is 21.4 Å². The number of halogens is 1. The van der Waals surface area contributed by atoms with E-state index in [2.05, 4.69) is 51.1 Å². The molecule has 0 unspecified atom stereocenters. The summed E-state index contributed by atoms with van der Waals surface area (Å²) in [5.41, 5.74) is 2.19. The molecule has 4 nitrogen and oxygen atoms in total. The largest absolute Gasteiger partial charge is 0.354 e. The molecule has 0 aliphatic heterocycles.